The van der Waals surface area contributed by atoms with Crippen molar-refractivity contribution in [3.63, 3.8) is 0 Å². The minimum absolute atomic E-state index is 0.0402. The lowest BCUT2D eigenvalue weighted by molar-refractivity contribution is -0.137. The Morgan fingerprint density at radius 1 is 0.886 bits per heavy atom. The Bertz CT molecular complexity index is 1200. The fourth-order valence-electron chi connectivity index (χ4n) is 3.98. The van der Waals surface area contributed by atoms with Crippen molar-refractivity contribution in [2.75, 3.05) is 6.61 Å². The summed E-state index contributed by atoms with van der Waals surface area (Å²) in [6.07, 6.45) is 0.104. The second-order valence-electron chi connectivity index (χ2n) is 8.57. The molecule has 0 amide bonds. The molecule has 35 heavy (non-hydrogen) atoms. The molecule has 0 spiro atoms. The number of rotatable bonds is 8. The molecular formula is C28H26F3NO3. The highest BCUT2D eigenvalue weighted by atomic mass is 19.4. The third-order valence-corrected chi connectivity index (χ3v) is 6.03. The van der Waals surface area contributed by atoms with E-state index in [4.69, 9.17) is 9.57 Å². The van der Waals surface area contributed by atoms with E-state index in [-0.39, 0.29) is 19.0 Å². The lowest BCUT2D eigenvalue weighted by Gasteiger charge is -2.16. The molecule has 7 heteroatoms. The van der Waals surface area contributed by atoms with E-state index in [0.717, 1.165) is 37.0 Å². The first-order valence-electron chi connectivity index (χ1n) is 11.5. The van der Waals surface area contributed by atoms with Gasteiger partial charge in [0.1, 0.15) is 12.4 Å². The number of fused-ring (bicyclic) bond motifs is 1. The standard InChI is InChI=1S/C28H26F3NO3/c1-19(32-35-17-20-6-12-25(13-7-20)28(29,30)31)21-10-14-26(15-11-21)34-18-27(33)24-9-8-22-4-2-3-5-23(22)16-24/h6-16H,2-5,17-18H2,1H3. The number of Topliss-reactive ketones (excluding diaryl/α,β-unsaturated/α-hetero) is 1. The maximum absolute atomic E-state index is 12.6. The summed E-state index contributed by atoms with van der Waals surface area (Å²) in [5, 5.41) is 4.04. The third-order valence-electron chi connectivity index (χ3n) is 6.03. The summed E-state index contributed by atoms with van der Waals surface area (Å²) in [4.78, 5) is 17.9. The number of hydrogen-bond donors (Lipinski definition) is 0. The smallest absolute Gasteiger partial charge is 0.416 e. The van der Waals surface area contributed by atoms with E-state index in [9.17, 15) is 18.0 Å². The summed E-state index contributed by atoms with van der Waals surface area (Å²) in [7, 11) is 0. The second kappa shape index (κ2) is 10.8. The highest BCUT2D eigenvalue weighted by Crippen LogP contribution is 2.29. The van der Waals surface area contributed by atoms with Crippen LogP contribution in [-0.4, -0.2) is 18.1 Å². The van der Waals surface area contributed by atoms with Crippen LogP contribution in [-0.2, 0) is 30.5 Å². The third kappa shape index (κ3) is 6.50. The molecule has 0 fully saturated rings. The van der Waals surface area contributed by atoms with Crippen LogP contribution in [0, 0.1) is 0 Å². The van der Waals surface area contributed by atoms with Crippen molar-refractivity contribution in [3.05, 3.63) is 100 Å². The zero-order valence-electron chi connectivity index (χ0n) is 19.4. The molecule has 3 aromatic rings. The van der Waals surface area contributed by atoms with Crippen molar-refractivity contribution in [1.29, 1.82) is 0 Å². The van der Waals surface area contributed by atoms with Gasteiger partial charge in [-0.1, -0.05) is 29.4 Å². The van der Waals surface area contributed by atoms with Crippen molar-refractivity contribution < 1.29 is 27.5 Å². The van der Waals surface area contributed by atoms with E-state index in [1.165, 1.54) is 29.7 Å². The number of alkyl halides is 3. The molecule has 0 unspecified atom stereocenters. The zero-order chi connectivity index (χ0) is 24.8. The molecule has 0 saturated heterocycles. The Morgan fingerprint density at radius 3 is 2.23 bits per heavy atom. The van der Waals surface area contributed by atoms with E-state index in [1.54, 1.807) is 31.2 Å². The van der Waals surface area contributed by atoms with Crippen LogP contribution >= 0.6 is 0 Å². The number of hydrogen-bond acceptors (Lipinski definition) is 4. The second-order valence-corrected chi connectivity index (χ2v) is 8.57. The Kier molecular flexibility index (Phi) is 7.54. The molecule has 4 rings (SSSR count). The fraction of sp³-hybridized carbons (Fsp3) is 0.286. The lowest BCUT2D eigenvalue weighted by Crippen LogP contribution is -2.13. The Labute approximate surface area is 202 Å². The van der Waals surface area contributed by atoms with Gasteiger partial charge in [0, 0.05) is 5.56 Å². The monoisotopic (exact) mass is 481 g/mol. The van der Waals surface area contributed by atoms with Crippen LogP contribution in [0.3, 0.4) is 0 Å². The highest BCUT2D eigenvalue weighted by Gasteiger charge is 2.29. The van der Waals surface area contributed by atoms with Gasteiger partial charge in [0.2, 0.25) is 0 Å². The molecule has 0 saturated carbocycles. The number of benzene rings is 3. The summed E-state index contributed by atoms with van der Waals surface area (Å²) in [6, 6.07) is 17.8. The Balaban J connectivity index is 1.28. The Hall–Kier alpha value is -3.61. The molecule has 182 valence electrons. The number of ether oxygens (including phenoxy) is 1. The molecule has 3 aromatic carbocycles. The van der Waals surface area contributed by atoms with Crippen LogP contribution in [0.15, 0.2) is 71.9 Å². The SMILES string of the molecule is CC(=NOCc1ccc(C(F)(F)F)cc1)c1ccc(OCC(=O)c2ccc3c(c2)CCCC3)cc1. The molecule has 0 aromatic heterocycles. The van der Waals surface area contributed by atoms with Crippen molar-refractivity contribution in [2.24, 2.45) is 5.16 Å². The number of carbonyl (C=O) groups excluding carboxylic acids is 1. The summed E-state index contributed by atoms with van der Waals surface area (Å²) >= 11 is 0. The summed E-state index contributed by atoms with van der Waals surface area (Å²) in [5.41, 5.74) is 4.57. The van der Waals surface area contributed by atoms with Gasteiger partial charge in [-0.3, -0.25) is 4.79 Å². The average molecular weight is 482 g/mol. The van der Waals surface area contributed by atoms with Gasteiger partial charge in [0.15, 0.2) is 12.4 Å². The first-order chi connectivity index (χ1) is 16.8. The van der Waals surface area contributed by atoms with E-state index in [1.807, 2.05) is 12.1 Å². The van der Waals surface area contributed by atoms with E-state index in [2.05, 4.69) is 11.2 Å². The normalized spacial score (nSPS) is 13.8. The number of aryl methyl sites for hydroxylation is 2. The number of halogens is 3. The van der Waals surface area contributed by atoms with Crippen molar-refractivity contribution >= 4 is 11.5 Å². The molecule has 0 radical (unpaired) electrons. The van der Waals surface area contributed by atoms with Crippen LogP contribution in [0.4, 0.5) is 13.2 Å². The van der Waals surface area contributed by atoms with Gasteiger partial charge >= 0.3 is 6.18 Å². The lowest BCUT2D eigenvalue weighted by atomic mass is 9.90. The molecule has 0 heterocycles. The maximum Gasteiger partial charge on any atom is 0.416 e. The molecule has 0 atom stereocenters. The van der Waals surface area contributed by atoms with E-state index in [0.29, 0.717) is 22.6 Å². The fourth-order valence-corrected chi connectivity index (χ4v) is 3.98. The highest BCUT2D eigenvalue weighted by molar-refractivity contribution is 5.98. The van der Waals surface area contributed by atoms with Crippen molar-refractivity contribution in [1.82, 2.24) is 0 Å². The minimum atomic E-state index is -4.36. The van der Waals surface area contributed by atoms with E-state index < -0.39 is 11.7 Å². The number of ketones is 1. The minimum Gasteiger partial charge on any atom is -0.485 e. The summed E-state index contributed by atoms with van der Waals surface area (Å²) < 4.78 is 43.6. The molecule has 1 aliphatic rings. The van der Waals surface area contributed by atoms with Crippen LogP contribution in [0.1, 0.15) is 57.9 Å². The van der Waals surface area contributed by atoms with Gasteiger partial charge in [-0.05, 0) is 97.3 Å². The molecule has 1 aliphatic carbocycles. The van der Waals surface area contributed by atoms with Crippen molar-refractivity contribution in [2.45, 2.75) is 45.4 Å². The number of oxime groups is 1. The van der Waals surface area contributed by atoms with Gasteiger partial charge in [-0.15, -0.1) is 0 Å². The Morgan fingerprint density at radius 2 is 1.54 bits per heavy atom. The van der Waals surface area contributed by atoms with Crippen LogP contribution in [0.2, 0.25) is 0 Å². The van der Waals surface area contributed by atoms with Gasteiger partial charge in [-0.2, -0.15) is 13.2 Å². The van der Waals surface area contributed by atoms with Crippen LogP contribution in [0.5, 0.6) is 5.75 Å². The quantitative estimate of drug-likeness (QED) is 0.202. The van der Waals surface area contributed by atoms with Gasteiger partial charge in [0.05, 0.1) is 11.3 Å². The average Bonchev–Trinajstić information content (AvgIpc) is 2.87. The van der Waals surface area contributed by atoms with Gasteiger partial charge in [-0.25, -0.2) is 0 Å². The van der Waals surface area contributed by atoms with Crippen molar-refractivity contribution in [3.8, 4) is 5.75 Å². The van der Waals surface area contributed by atoms with Crippen LogP contribution in [0.25, 0.3) is 0 Å². The predicted octanol–water partition coefficient (Wildman–Crippen LogP) is 6.79. The topological polar surface area (TPSA) is 47.9 Å². The number of nitrogens with zero attached hydrogens (tertiary/aromatic N) is 1. The maximum atomic E-state index is 12.6. The molecule has 0 aliphatic heterocycles. The molecule has 4 nitrogen and oxygen atoms in total. The van der Waals surface area contributed by atoms with E-state index >= 15 is 0 Å². The largest absolute Gasteiger partial charge is 0.485 e. The molecular weight excluding hydrogens is 455 g/mol. The first-order valence-corrected chi connectivity index (χ1v) is 11.5. The predicted molar refractivity (Wildman–Crippen MR) is 128 cm³/mol. The number of carbonyl (C=O) groups is 1. The van der Waals surface area contributed by atoms with Crippen LogP contribution < -0.4 is 4.74 Å². The molecule has 0 bridgehead atoms. The molecule has 0 N–H and O–H groups in total. The van der Waals surface area contributed by atoms with Gasteiger partial charge < -0.3 is 9.57 Å². The summed E-state index contributed by atoms with van der Waals surface area (Å²) in [6.45, 7) is 1.78. The summed E-state index contributed by atoms with van der Waals surface area (Å²) in [5.74, 6) is 0.510. The first kappa shape index (κ1) is 24.5. The van der Waals surface area contributed by atoms with Gasteiger partial charge in [0.25, 0.3) is 0 Å². The zero-order valence-corrected chi connectivity index (χ0v) is 19.4.